The summed E-state index contributed by atoms with van der Waals surface area (Å²) in [6.45, 7) is 0. The Morgan fingerprint density at radius 1 is 1.10 bits per heavy atom. The smallest absolute Gasteiger partial charge is 0.311 e. The number of nitro benzene ring substituents is 1. The Morgan fingerprint density at radius 2 is 1.75 bits per heavy atom. The minimum atomic E-state index is -0.483. The molecule has 0 spiro atoms. The van der Waals surface area contributed by atoms with E-state index in [-0.39, 0.29) is 10.7 Å². The molecule has 0 heterocycles. The number of nitrogens with zero attached hydrogens (tertiary/aromatic N) is 2. The standard InChI is InChI=1S/C14H14ClN3O2/c1-17(2)13-9-4-3-7-11(13)16-12-8-5-6-10(15)14(12)18(19)20/h3-9,16H,1-2H3. The third kappa shape index (κ3) is 2.83. The highest BCUT2D eigenvalue weighted by Gasteiger charge is 2.19. The van der Waals surface area contributed by atoms with Gasteiger partial charge >= 0.3 is 5.69 Å². The van der Waals surface area contributed by atoms with Crippen molar-refractivity contribution in [3.63, 3.8) is 0 Å². The monoisotopic (exact) mass is 291 g/mol. The predicted molar refractivity (Wildman–Crippen MR) is 82.2 cm³/mol. The second kappa shape index (κ2) is 5.79. The van der Waals surface area contributed by atoms with Gasteiger partial charge in [0.05, 0.1) is 16.3 Å². The minimum absolute atomic E-state index is 0.113. The van der Waals surface area contributed by atoms with Gasteiger partial charge in [-0.3, -0.25) is 10.1 Å². The van der Waals surface area contributed by atoms with Crippen molar-refractivity contribution in [1.29, 1.82) is 0 Å². The van der Waals surface area contributed by atoms with Gasteiger partial charge in [0.25, 0.3) is 0 Å². The quantitative estimate of drug-likeness (QED) is 0.682. The first-order chi connectivity index (χ1) is 9.50. The second-order valence-electron chi connectivity index (χ2n) is 4.43. The Balaban J connectivity index is 2.46. The van der Waals surface area contributed by atoms with E-state index in [1.165, 1.54) is 6.07 Å². The highest BCUT2D eigenvalue weighted by Crippen LogP contribution is 2.36. The molecule has 0 saturated carbocycles. The maximum Gasteiger partial charge on any atom is 0.311 e. The van der Waals surface area contributed by atoms with Crippen molar-refractivity contribution in [3.05, 3.63) is 57.6 Å². The number of nitrogens with one attached hydrogen (secondary N) is 1. The van der Waals surface area contributed by atoms with Crippen LogP contribution in [0, 0.1) is 10.1 Å². The zero-order valence-corrected chi connectivity index (χ0v) is 11.9. The Kier molecular flexibility index (Phi) is 4.10. The van der Waals surface area contributed by atoms with Crippen LogP contribution in [-0.2, 0) is 0 Å². The van der Waals surface area contributed by atoms with Gasteiger partial charge in [0, 0.05) is 14.1 Å². The maximum absolute atomic E-state index is 11.1. The number of anilines is 3. The first-order valence-corrected chi connectivity index (χ1v) is 6.35. The van der Waals surface area contributed by atoms with Gasteiger partial charge in [-0.25, -0.2) is 0 Å². The highest BCUT2D eigenvalue weighted by molar-refractivity contribution is 6.33. The maximum atomic E-state index is 11.1. The average molecular weight is 292 g/mol. The number of rotatable bonds is 4. The molecule has 0 unspecified atom stereocenters. The largest absolute Gasteiger partial charge is 0.376 e. The van der Waals surface area contributed by atoms with Crippen LogP contribution < -0.4 is 10.2 Å². The van der Waals surface area contributed by atoms with E-state index in [0.29, 0.717) is 5.69 Å². The minimum Gasteiger partial charge on any atom is -0.376 e. The first kappa shape index (κ1) is 14.1. The summed E-state index contributed by atoms with van der Waals surface area (Å²) >= 11 is 5.90. The van der Waals surface area contributed by atoms with Crippen LogP contribution in [0.4, 0.5) is 22.7 Å². The van der Waals surface area contributed by atoms with E-state index in [9.17, 15) is 10.1 Å². The molecule has 0 aliphatic carbocycles. The van der Waals surface area contributed by atoms with Gasteiger partial charge in [-0.2, -0.15) is 0 Å². The van der Waals surface area contributed by atoms with Gasteiger partial charge in [0.15, 0.2) is 0 Å². The molecule has 2 aromatic carbocycles. The summed E-state index contributed by atoms with van der Waals surface area (Å²) in [7, 11) is 3.82. The lowest BCUT2D eigenvalue weighted by Gasteiger charge is -2.18. The zero-order valence-electron chi connectivity index (χ0n) is 11.1. The second-order valence-corrected chi connectivity index (χ2v) is 4.84. The average Bonchev–Trinajstić information content (AvgIpc) is 2.38. The lowest BCUT2D eigenvalue weighted by molar-refractivity contribution is -0.383. The highest BCUT2D eigenvalue weighted by atomic mass is 35.5. The molecule has 0 atom stereocenters. The summed E-state index contributed by atoms with van der Waals surface area (Å²) in [6.07, 6.45) is 0. The van der Waals surface area contributed by atoms with Gasteiger partial charge < -0.3 is 10.2 Å². The number of para-hydroxylation sites is 3. The number of hydrogen-bond donors (Lipinski definition) is 1. The molecule has 0 fully saturated rings. The molecule has 0 amide bonds. The van der Waals surface area contributed by atoms with E-state index in [2.05, 4.69) is 5.32 Å². The number of benzene rings is 2. The number of hydrogen-bond acceptors (Lipinski definition) is 4. The van der Waals surface area contributed by atoms with Crippen LogP contribution in [0.3, 0.4) is 0 Å². The number of halogens is 1. The van der Waals surface area contributed by atoms with Crippen molar-refractivity contribution in [2.24, 2.45) is 0 Å². The SMILES string of the molecule is CN(C)c1ccccc1Nc1cccc(Cl)c1[N+](=O)[O-]. The molecule has 0 aromatic heterocycles. The summed E-state index contributed by atoms with van der Waals surface area (Å²) in [4.78, 5) is 12.6. The molecule has 104 valence electrons. The molecular formula is C14H14ClN3O2. The Morgan fingerprint density at radius 3 is 2.40 bits per heavy atom. The van der Waals surface area contributed by atoms with E-state index < -0.39 is 4.92 Å². The van der Waals surface area contributed by atoms with E-state index in [1.54, 1.807) is 12.1 Å². The van der Waals surface area contributed by atoms with Gasteiger partial charge in [-0.05, 0) is 24.3 Å². The third-order valence-corrected chi connectivity index (χ3v) is 3.13. The van der Waals surface area contributed by atoms with Crippen LogP contribution in [0.25, 0.3) is 0 Å². The van der Waals surface area contributed by atoms with Crippen molar-refractivity contribution in [2.75, 3.05) is 24.3 Å². The zero-order chi connectivity index (χ0) is 14.7. The van der Waals surface area contributed by atoms with Crippen LogP contribution in [-0.4, -0.2) is 19.0 Å². The molecule has 5 nitrogen and oxygen atoms in total. The summed E-state index contributed by atoms with van der Waals surface area (Å²) in [5, 5.41) is 14.3. The van der Waals surface area contributed by atoms with Gasteiger partial charge in [0.1, 0.15) is 10.7 Å². The molecule has 2 rings (SSSR count). The van der Waals surface area contributed by atoms with E-state index >= 15 is 0 Å². The molecule has 6 heteroatoms. The summed E-state index contributed by atoms with van der Waals surface area (Å²) in [6, 6.07) is 12.4. The van der Waals surface area contributed by atoms with E-state index in [1.807, 2.05) is 43.3 Å². The van der Waals surface area contributed by atoms with Crippen LogP contribution in [0.5, 0.6) is 0 Å². The summed E-state index contributed by atoms with van der Waals surface area (Å²) < 4.78 is 0. The fourth-order valence-corrected chi connectivity index (χ4v) is 2.16. The molecule has 0 aliphatic rings. The van der Waals surface area contributed by atoms with Crippen LogP contribution in [0.1, 0.15) is 0 Å². The first-order valence-electron chi connectivity index (χ1n) is 5.97. The predicted octanol–water partition coefficient (Wildman–Crippen LogP) is 4.06. The molecule has 2 aromatic rings. The third-order valence-electron chi connectivity index (χ3n) is 2.82. The van der Waals surface area contributed by atoms with Gasteiger partial charge in [0.2, 0.25) is 0 Å². The van der Waals surface area contributed by atoms with Crippen LogP contribution in [0.15, 0.2) is 42.5 Å². The topological polar surface area (TPSA) is 58.4 Å². The molecule has 0 aliphatic heterocycles. The van der Waals surface area contributed by atoms with Crippen molar-refractivity contribution in [2.45, 2.75) is 0 Å². The Hall–Kier alpha value is -2.27. The van der Waals surface area contributed by atoms with E-state index in [0.717, 1.165) is 11.4 Å². The molecule has 1 N–H and O–H groups in total. The molecule has 0 radical (unpaired) electrons. The fraction of sp³-hybridized carbons (Fsp3) is 0.143. The molecule has 0 bridgehead atoms. The van der Waals surface area contributed by atoms with Crippen molar-refractivity contribution < 1.29 is 4.92 Å². The molecular weight excluding hydrogens is 278 g/mol. The van der Waals surface area contributed by atoms with Crippen molar-refractivity contribution in [3.8, 4) is 0 Å². The summed E-state index contributed by atoms with van der Waals surface area (Å²) in [5.41, 5.74) is 1.96. The normalized spacial score (nSPS) is 10.2. The fourth-order valence-electron chi connectivity index (χ4n) is 1.92. The van der Waals surface area contributed by atoms with E-state index in [4.69, 9.17) is 11.6 Å². The lowest BCUT2D eigenvalue weighted by Crippen LogP contribution is -2.11. The lowest BCUT2D eigenvalue weighted by atomic mass is 10.2. The van der Waals surface area contributed by atoms with Crippen molar-refractivity contribution >= 4 is 34.4 Å². The Labute approximate surface area is 121 Å². The Bertz CT molecular complexity index is 644. The summed E-state index contributed by atoms with van der Waals surface area (Å²) in [5.74, 6) is 0. The molecule has 20 heavy (non-hydrogen) atoms. The van der Waals surface area contributed by atoms with Crippen molar-refractivity contribution in [1.82, 2.24) is 0 Å². The van der Waals surface area contributed by atoms with Crippen LogP contribution in [0.2, 0.25) is 5.02 Å². The molecule has 0 saturated heterocycles. The van der Waals surface area contributed by atoms with Gasteiger partial charge in [-0.1, -0.05) is 29.8 Å². The van der Waals surface area contributed by atoms with Gasteiger partial charge in [-0.15, -0.1) is 0 Å². The number of nitro groups is 1. The van der Waals surface area contributed by atoms with Crippen LogP contribution >= 0.6 is 11.6 Å².